The predicted molar refractivity (Wildman–Crippen MR) is 84.3 cm³/mol. The van der Waals surface area contributed by atoms with Crippen LogP contribution in [0.5, 0.6) is 0 Å². The van der Waals surface area contributed by atoms with E-state index < -0.39 is 0 Å². The number of aryl methyl sites for hydroxylation is 1. The smallest absolute Gasteiger partial charge is 0.245 e. The number of hydrogen-bond donors (Lipinski definition) is 1. The van der Waals surface area contributed by atoms with Crippen LogP contribution in [0.1, 0.15) is 11.5 Å². The first-order valence-corrected chi connectivity index (χ1v) is 7.77. The van der Waals surface area contributed by atoms with Crippen molar-refractivity contribution in [1.82, 2.24) is 19.4 Å². The Bertz CT molecular complexity index is 821. The van der Waals surface area contributed by atoms with Crippen LogP contribution in [0.15, 0.2) is 28.4 Å². The topological polar surface area (TPSA) is 92.7 Å². The average molecular weight is 333 g/mol. The second kappa shape index (κ2) is 6.21. The molecule has 0 saturated carbocycles. The molecule has 0 radical (unpaired) electrons. The number of thiazole rings is 1. The Kier molecular flexibility index (Phi) is 4.11. The summed E-state index contributed by atoms with van der Waals surface area (Å²) in [5, 5.41) is 8.17. The fourth-order valence-corrected chi connectivity index (χ4v) is 2.78. The first-order valence-electron chi connectivity index (χ1n) is 6.89. The molecule has 23 heavy (non-hydrogen) atoms. The number of aromatic nitrogens is 3. The molecule has 3 aromatic rings. The zero-order valence-corrected chi connectivity index (χ0v) is 13.5. The lowest BCUT2D eigenvalue weighted by atomic mass is 10.3. The van der Waals surface area contributed by atoms with E-state index in [4.69, 9.17) is 4.52 Å². The van der Waals surface area contributed by atoms with E-state index in [1.165, 1.54) is 16.2 Å². The third-order valence-corrected chi connectivity index (χ3v) is 3.95. The molecule has 9 heteroatoms. The molecule has 0 aromatic carbocycles. The Morgan fingerprint density at radius 3 is 3.00 bits per heavy atom. The van der Waals surface area contributed by atoms with Gasteiger partial charge in [-0.2, -0.15) is 0 Å². The van der Waals surface area contributed by atoms with Gasteiger partial charge in [0.25, 0.3) is 0 Å². The maximum absolute atomic E-state index is 12.2. The van der Waals surface area contributed by atoms with E-state index >= 15 is 0 Å². The molecule has 0 saturated heterocycles. The normalized spacial score (nSPS) is 10.9. The third kappa shape index (κ3) is 3.57. The summed E-state index contributed by atoms with van der Waals surface area (Å²) >= 11 is 1.50. The van der Waals surface area contributed by atoms with Crippen molar-refractivity contribution in [2.24, 2.45) is 0 Å². The van der Waals surface area contributed by atoms with E-state index in [1.807, 2.05) is 22.2 Å². The number of nitrogens with one attached hydrogen (secondary N) is 1. The Hall–Kier alpha value is -2.68. The number of amides is 2. The van der Waals surface area contributed by atoms with E-state index in [0.717, 1.165) is 4.96 Å². The van der Waals surface area contributed by atoms with Crippen molar-refractivity contribution in [3.63, 3.8) is 0 Å². The number of carbonyl (C=O) groups is 2. The van der Waals surface area contributed by atoms with Crippen molar-refractivity contribution in [3.8, 4) is 0 Å². The van der Waals surface area contributed by atoms with Gasteiger partial charge in [-0.3, -0.25) is 14.0 Å². The highest BCUT2D eigenvalue weighted by atomic mass is 32.1. The van der Waals surface area contributed by atoms with Crippen LogP contribution in [-0.2, 0) is 16.0 Å². The van der Waals surface area contributed by atoms with E-state index in [1.54, 1.807) is 20.0 Å². The van der Waals surface area contributed by atoms with Crippen LogP contribution in [0.25, 0.3) is 4.96 Å². The van der Waals surface area contributed by atoms with Crippen LogP contribution in [-0.4, -0.2) is 44.8 Å². The minimum Gasteiger partial charge on any atom is -0.360 e. The lowest BCUT2D eigenvalue weighted by Gasteiger charge is -2.15. The summed E-state index contributed by atoms with van der Waals surface area (Å²) in [5.41, 5.74) is 0.682. The minimum atomic E-state index is -0.333. The number of imidazole rings is 1. The van der Waals surface area contributed by atoms with Crippen LogP contribution < -0.4 is 5.32 Å². The number of nitrogens with zero attached hydrogens (tertiary/aromatic N) is 4. The average Bonchev–Trinajstić information content (AvgIpc) is 3.15. The molecule has 0 aliphatic carbocycles. The Morgan fingerprint density at radius 2 is 2.30 bits per heavy atom. The molecule has 0 aliphatic heterocycles. The molecule has 8 nitrogen and oxygen atoms in total. The largest absolute Gasteiger partial charge is 0.360 e. The fourth-order valence-electron chi connectivity index (χ4n) is 2.06. The zero-order chi connectivity index (χ0) is 16.4. The summed E-state index contributed by atoms with van der Waals surface area (Å²) in [6.45, 7) is 1.67. The van der Waals surface area contributed by atoms with Crippen molar-refractivity contribution >= 4 is 33.9 Å². The maximum Gasteiger partial charge on any atom is 0.245 e. The van der Waals surface area contributed by atoms with Gasteiger partial charge in [-0.05, 0) is 6.92 Å². The van der Waals surface area contributed by atoms with Crippen molar-refractivity contribution < 1.29 is 14.1 Å². The number of anilines is 1. The molecule has 1 N–H and O–H groups in total. The Balaban J connectivity index is 1.54. The molecule has 0 fully saturated rings. The van der Waals surface area contributed by atoms with Gasteiger partial charge >= 0.3 is 0 Å². The van der Waals surface area contributed by atoms with E-state index in [-0.39, 0.29) is 24.8 Å². The number of rotatable bonds is 5. The highest BCUT2D eigenvalue weighted by molar-refractivity contribution is 7.15. The van der Waals surface area contributed by atoms with Crippen LogP contribution in [0, 0.1) is 6.92 Å². The molecule has 3 heterocycles. The van der Waals surface area contributed by atoms with Gasteiger partial charge in [-0.25, -0.2) is 4.98 Å². The highest BCUT2D eigenvalue weighted by Gasteiger charge is 2.16. The molecule has 120 valence electrons. The van der Waals surface area contributed by atoms with Gasteiger partial charge in [0, 0.05) is 30.9 Å². The molecule has 0 spiro atoms. The van der Waals surface area contributed by atoms with Gasteiger partial charge in [0.1, 0.15) is 5.76 Å². The monoisotopic (exact) mass is 333 g/mol. The number of likely N-dealkylation sites (N-methyl/N-ethyl adjacent to an activating group) is 1. The first kappa shape index (κ1) is 15.2. The molecule has 0 unspecified atom stereocenters. The first-order chi connectivity index (χ1) is 11.0. The SMILES string of the molecule is Cc1cc(NC(=O)CN(C)C(=O)Cc2cn3ccsc3n2)no1. The Morgan fingerprint density at radius 1 is 1.48 bits per heavy atom. The summed E-state index contributed by atoms with van der Waals surface area (Å²) in [6, 6.07) is 1.61. The highest BCUT2D eigenvalue weighted by Crippen LogP contribution is 2.12. The second-order valence-corrected chi connectivity index (χ2v) is 6.00. The Labute approximate surface area is 135 Å². The van der Waals surface area contributed by atoms with Crippen molar-refractivity contribution in [2.45, 2.75) is 13.3 Å². The molecule has 0 atom stereocenters. The van der Waals surface area contributed by atoms with Gasteiger partial charge in [-0.1, -0.05) is 5.16 Å². The van der Waals surface area contributed by atoms with Gasteiger partial charge in [0.15, 0.2) is 10.8 Å². The zero-order valence-electron chi connectivity index (χ0n) is 12.6. The lowest BCUT2D eigenvalue weighted by Crippen LogP contribution is -2.35. The van der Waals surface area contributed by atoms with Gasteiger partial charge in [0.2, 0.25) is 11.8 Å². The number of carbonyl (C=O) groups excluding carboxylic acids is 2. The van der Waals surface area contributed by atoms with Crippen LogP contribution >= 0.6 is 11.3 Å². The fraction of sp³-hybridized carbons (Fsp3) is 0.286. The lowest BCUT2D eigenvalue weighted by molar-refractivity contribution is -0.132. The van der Waals surface area contributed by atoms with Crippen LogP contribution in [0.2, 0.25) is 0 Å². The molecule has 0 bridgehead atoms. The van der Waals surface area contributed by atoms with Crippen molar-refractivity contribution in [3.05, 3.63) is 35.3 Å². The molecule has 3 rings (SSSR count). The summed E-state index contributed by atoms with van der Waals surface area (Å²) in [4.78, 5) is 30.6. The van der Waals surface area contributed by atoms with Crippen molar-refractivity contribution in [1.29, 1.82) is 0 Å². The van der Waals surface area contributed by atoms with E-state index in [2.05, 4.69) is 15.5 Å². The van der Waals surface area contributed by atoms with E-state index in [0.29, 0.717) is 17.3 Å². The summed E-state index contributed by atoms with van der Waals surface area (Å²) in [5.74, 6) is 0.425. The quantitative estimate of drug-likeness (QED) is 0.760. The molecular weight excluding hydrogens is 318 g/mol. The van der Waals surface area contributed by atoms with Crippen LogP contribution in [0.3, 0.4) is 0 Å². The van der Waals surface area contributed by atoms with E-state index in [9.17, 15) is 9.59 Å². The molecular formula is C14H15N5O3S. The van der Waals surface area contributed by atoms with Crippen molar-refractivity contribution in [2.75, 3.05) is 18.9 Å². The van der Waals surface area contributed by atoms with Crippen LogP contribution in [0.4, 0.5) is 5.82 Å². The summed E-state index contributed by atoms with van der Waals surface area (Å²) in [6.07, 6.45) is 3.86. The third-order valence-electron chi connectivity index (χ3n) is 3.18. The molecule has 3 aromatic heterocycles. The standard InChI is InChI=1S/C14H15N5O3S/c1-9-5-11(17-22-9)16-12(20)8-18(2)13(21)6-10-7-19-3-4-23-14(19)15-10/h3-5,7H,6,8H2,1-2H3,(H,16,17,20). The number of hydrogen-bond acceptors (Lipinski definition) is 6. The summed E-state index contributed by atoms with van der Waals surface area (Å²) in [7, 11) is 1.58. The minimum absolute atomic E-state index is 0.0625. The number of fused-ring (bicyclic) bond motifs is 1. The van der Waals surface area contributed by atoms with Gasteiger partial charge in [-0.15, -0.1) is 11.3 Å². The van der Waals surface area contributed by atoms with Gasteiger partial charge < -0.3 is 14.7 Å². The van der Waals surface area contributed by atoms with Gasteiger partial charge in [0.05, 0.1) is 18.7 Å². The second-order valence-electron chi connectivity index (χ2n) is 5.12. The maximum atomic E-state index is 12.2. The predicted octanol–water partition coefficient (Wildman–Crippen LogP) is 1.33. The molecule has 0 aliphatic rings. The summed E-state index contributed by atoms with van der Waals surface area (Å²) < 4.78 is 6.73. The molecule has 2 amide bonds.